The molecule has 1 aliphatic rings. The first-order valence-electron chi connectivity index (χ1n) is 7.78. The summed E-state index contributed by atoms with van der Waals surface area (Å²) in [6.07, 6.45) is 1.79. The Balaban J connectivity index is 1.56. The number of aromatic nitrogens is 1. The van der Waals surface area contributed by atoms with Crippen molar-refractivity contribution in [1.82, 2.24) is 9.29 Å². The van der Waals surface area contributed by atoms with E-state index < -0.39 is 10.0 Å². The van der Waals surface area contributed by atoms with E-state index in [4.69, 9.17) is 0 Å². The first-order valence-corrected chi connectivity index (χ1v) is 10.1. The van der Waals surface area contributed by atoms with E-state index in [1.807, 2.05) is 24.3 Å². The van der Waals surface area contributed by atoms with E-state index >= 15 is 0 Å². The standard InChI is InChI=1S/C17H17N3O2S2/c21-24(22,16-7-3-13-23-16)20-11-9-19(10-12-20)15-6-1-4-14-5-2-8-18-17(14)15/h1-8,13H,9-12H2. The molecule has 0 amide bonds. The summed E-state index contributed by atoms with van der Waals surface area (Å²) < 4.78 is 27.2. The zero-order valence-electron chi connectivity index (χ0n) is 13.0. The number of anilines is 1. The van der Waals surface area contributed by atoms with Crippen LogP contribution in [0.1, 0.15) is 0 Å². The summed E-state index contributed by atoms with van der Waals surface area (Å²) in [5, 5.41) is 2.90. The number of sulfonamides is 1. The van der Waals surface area contributed by atoms with Crippen molar-refractivity contribution in [2.24, 2.45) is 0 Å². The molecule has 4 rings (SSSR count). The molecule has 0 atom stereocenters. The molecule has 7 heteroatoms. The van der Waals surface area contributed by atoms with E-state index in [1.165, 1.54) is 11.3 Å². The van der Waals surface area contributed by atoms with Crippen LogP contribution in [-0.2, 0) is 10.0 Å². The van der Waals surface area contributed by atoms with E-state index in [2.05, 4.69) is 16.0 Å². The number of rotatable bonds is 3. The van der Waals surface area contributed by atoms with E-state index in [1.54, 1.807) is 28.0 Å². The molecule has 0 bridgehead atoms. The fourth-order valence-electron chi connectivity index (χ4n) is 3.05. The molecule has 1 aromatic carbocycles. The number of pyridine rings is 1. The van der Waals surface area contributed by atoms with Gasteiger partial charge >= 0.3 is 0 Å². The molecule has 0 unspecified atom stereocenters. The highest BCUT2D eigenvalue weighted by molar-refractivity contribution is 7.91. The Kier molecular flexibility index (Phi) is 3.99. The Morgan fingerprint density at radius 1 is 0.958 bits per heavy atom. The SMILES string of the molecule is O=S(=O)(c1cccs1)N1CCN(c2cccc3cccnc23)CC1. The van der Waals surface area contributed by atoms with Crippen LogP contribution >= 0.6 is 11.3 Å². The van der Waals surface area contributed by atoms with Gasteiger partial charge in [0.15, 0.2) is 0 Å². The second kappa shape index (κ2) is 6.16. The Labute approximate surface area is 145 Å². The average Bonchev–Trinajstić information content (AvgIpc) is 3.17. The topological polar surface area (TPSA) is 53.5 Å². The first-order chi connectivity index (χ1) is 11.7. The predicted molar refractivity (Wildman–Crippen MR) is 97.0 cm³/mol. The molecular weight excluding hydrogens is 342 g/mol. The van der Waals surface area contributed by atoms with Gasteiger partial charge in [-0.25, -0.2) is 8.42 Å². The second-order valence-corrected chi connectivity index (χ2v) is 8.79. The third-order valence-electron chi connectivity index (χ3n) is 4.28. The minimum absolute atomic E-state index is 0.419. The van der Waals surface area contributed by atoms with Crippen LogP contribution in [0.25, 0.3) is 10.9 Å². The van der Waals surface area contributed by atoms with Crippen LogP contribution < -0.4 is 4.90 Å². The summed E-state index contributed by atoms with van der Waals surface area (Å²) in [6, 6.07) is 13.5. The molecule has 2 aromatic heterocycles. The minimum Gasteiger partial charge on any atom is -0.367 e. The van der Waals surface area contributed by atoms with Gasteiger partial charge in [0, 0.05) is 37.8 Å². The number of benzene rings is 1. The van der Waals surface area contributed by atoms with Gasteiger partial charge in [0.2, 0.25) is 0 Å². The molecule has 1 aliphatic heterocycles. The normalized spacial score (nSPS) is 16.6. The monoisotopic (exact) mass is 359 g/mol. The highest BCUT2D eigenvalue weighted by Crippen LogP contribution is 2.27. The lowest BCUT2D eigenvalue weighted by Gasteiger charge is -2.35. The predicted octanol–water partition coefficient (Wildman–Crippen LogP) is 2.81. The van der Waals surface area contributed by atoms with Gasteiger partial charge in [0.1, 0.15) is 4.21 Å². The lowest BCUT2D eigenvalue weighted by atomic mass is 10.1. The van der Waals surface area contributed by atoms with E-state index in [0.717, 1.165) is 16.6 Å². The van der Waals surface area contributed by atoms with E-state index in [-0.39, 0.29) is 0 Å². The number of thiophene rings is 1. The van der Waals surface area contributed by atoms with Crippen LogP contribution in [0.4, 0.5) is 5.69 Å². The van der Waals surface area contributed by atoms with Gasteiger partial charge in [-0.2, -0.15) is 4.31 Å². The Bertz CT molecular complexity index is 942. The maximum atomic E-state index is 12.6. The van der Waals surface area contributed by atoms with Crippen molar-refractivity contribution in [3.05, 3.63) is 54.0 Å². The highest BCUT2D eigenvalue weighted by Gasteiger charge is 2.29. The average molecular weight is 359 g/mol. The molecular formula is C17H17N3O2S2. The molecule has 124 valence electrons. The summed E-state index contributed by atoms with van der Waals surface area (Å²) in [5.41, 5.74) is 2.04. The molecule has 24 heavy (non-hydrogen) atoms. The van der Waals surface area contributed by atoms with Gasteiger partial charge in [0.05, 0.1) is 11.2 Å². The quantitative estimate of drug-likeness (QED) is 0.722. The zero-order valence-corrected chi connectivity index (χ0v) is 14.6. The number of hydrogen-bond acceptors (Lipinski definition) is 5. The van der Waals surface area contributed by atoms with E-state index in [9.17, 15) is 8.42 Å². The Hall–Kier alpha value is -1.96. The molecule has 0 radical (unpaired) electrons. The summed E-state index contributed by atoms with van der Waals surface area (Å²) in [6.45, 7) is 2.31. The van der Waals surface area contributed by atoms with Crippen molar-refractivity contribution in [3.63, 3.8) is 0 Å². The number of piperazine rings is 1. The summed E-state index contributed by atoms with van der Waals surface area (Å²) >= 11 is 1.27. The van der Waals surface area contributed by atoms with Crippen LogP contribution in [-0.4, -0.2) is 43.9 Å². The van der Waals surface area contributed by atoms with Crippen LogP contribution in [0.15, 0.2) is 58.3 Å². The van der Waals surface area contributed by atoms with E-state index in [0.29, 0.717) is 30.4 Å². The molecule has 5 nitrogen and oxygen atoms in total. The molecule has 3 aromatic rings. The van der Waals surface area contributed by atoms with Crippen molar-refractivity contribution in [3.8, 4) is 0 Å². The van der Waals surface area contributed by atoms with Crippen LogP contribution in [0.3, 0.4) is 0 Å². The Morgan fingerprint density at radius 3 is 2.50 bits per heavy atom. The third-order valence-corrected chi connectivity index (χ3v) is 7.55. The fourth-order valence-corrected chi connectivity index (χ4v) is 5.62. The number of fused-ring (bicyclic) bond motifs is 1. The molecule has 0 N–H and O–H groups in total. The first kappa shape index (κ1) is 15.6. The largest absolute Gasteiger partial charge is 0.367 e. The molecule has 1 fully saturated rings. The van der Waals surface area contributed by atoms with Crippen LogP contribution in [0.5, 0.6) is 0 Å². The second-order valence-electron chi connectivity index (χ2n) is 5.68. The number of para-hydroxylation sites is 1. The molecule has 0 spiro atoms. The lowest BCUT2D eigenvalue weighted by Crippen LogP contribution is -2.48. The van der Waals surface area contributed by atoms with Gasteiger partial charge in [-0.15, -0.1) is 11.3 Å². The minimum atomic E-state index is -3.36. The zero-order chi connectivity index (χ0) is 16.6. The Morgan fingerprint density at radius 2 is 1.75 bits per heavy atom. The molecule has 3 heterocycles. The van der Waals surface area contributed by atoms with Crippen molar-refractivity contribution in [2.75, 3.05) is 31.1 Å². The van der Waals surface area contributed by atoms with Crippen LogP contribution in [0, 0.1) is 0 Å². The lowest BCUT2D eigenvalue weighted by molar-refractivity contribution is 0.386. The van der Waals surface area contributed by atoms with Gasteiger partial charge in [0.25, 0.3) is 10.0 Å². The van der Waals surface area contributed by atoms with Crippen molar-refractivity contribution >= 4 is 38.0 Å². The summed E-state index contributed by atoms with van der Waals surface area (Å²) in [4.78, 5) is 6.71. The van der Waals surface area contributed by atoms with Gasteiger partial charge in [-0.1, -0.05) is 24.3 Å². The fraction of sp³-hybridized carbons (Fsp3) is 0.235. The number of hydrogen-bond donors (Lipinski definition) is 0. The summed E-state index contributed by atoms with van der Waals surface area (Å²) in [5.74, 6) is 0. The summed E-state index contributed by atoms with van der Waals surface area (Å²) in [7, 11) is -3.36. The maximum Gasteiger partial charge on any atom is 0.252 e. The molecule has 0 saturated carbocycles. The smallest absolute Gasteiger partial charge is 0.252 e. The van der Waals surface area contributed by atoms with Gasteiger partial charge in [-0.3, -0.25) is 4.98 Å². The van der Waals surface area contributed by atoms with Gasteiger partial charge in [-0.05, 0) is 23.6 Å². The van der Waals surface area contributed by atoms with Gasteiger partial charge < -0.3 is 4.90 Å². The highest BCUT2D eigenvalue weighted by atomic mass is 32.2. The molecule has 1 saturated heterocycles. The maximum absolute atomic E-state index is 12.6. The van der Waals surface area contributed by atoms with Crippen LogP contribution in [0.2, 0.25) is 0 Å². The van der Waals surface area contributed by atoms with Crippen molar-refractivity contribution in [1.29, 1.82) is 0 Å². The number of nitrogens with zero attached hydrogens (tertiary/aromatic N) is 3. The third kappa shape index (κ3) is 2.68. The molecule has 0 aliphatic carbocycles. The van der Waals surface area contributed by atoms with Crippen molar-refractivity contribution < 1.29 is 8.42 Å². The van der Waals surface area contributed by atoms with Crippen molar-refractivity contribution in [2.45, 2.75) is 4.21 Å².